The Labute approximate surface area is 109 Å². The van der Waals surface area contributed by atoms with Crippen molar-refractivity contribution in [3.8, 4) is 11.1 Å². The number of hydrogen-bond donors (Lipinski definition) is 0. The van der Waals surface area contributed by atoms with Crippen molar-refractivity contribution in [2.45, 2.75) is 6.92 Å². The molecule has 0 radical (unpaired) electrons. The number of halogens is 2. The monoisotopic (exact) mass is 262 g/mol. The summed E-state index contributed by atoms with van der Waals surface area (Å²) in [7, 11) is 0. The fourth-order valence-corrected chi connectivity index (χ4v) is 2.64. The summed E-state index contributed by atoms with van der Waals surface area (Å²) in [6.07, 6.45) is 0. The molecule has 17 heavy (non-hydrogen) atoms. The Balaban J connectivity index is 2.41. The van der Waals surface area contributed by atoms with Crippen molar-refractivity contribution >= 4 is 29.0 Å². The first kappa shape index (κ1) is 10.8. The molecule has 0 aliphatic heterocycles. The Bertz CT molecular complexity index is 660. The number of fused-ring (bicyclic) bond motifs is 3. The van der Waals surface area contributed by atoms with Gasteiger partial charge in [-0.1, -0.05) is 40.9 Å². The lowest BCUT2D eigenvalue weighted by molar-refractivity contribution is 0.104. The molecule has 2 aromatic carbocycles. The largest absolute Gasteiger partial charge is 0.289 e. The summed E-state index contributed by atoms with van der Waals surface area (Å²) in [5.41, 5.74) is 4.05. The summed E-state index contributed by atoms with van der Waals surface area (Å²) in [4.78, 5) is 12.2. The van der Waals surface area contributed by atoms with Gasteiger partial charge in [-0.3, -0.25) is 4.79 Å². The van der Waals surface area contributed by atoms with Crippen molar-refractivity contribution in [2.75, 3.05) is 0 Å². The van der Waals surface area contributed by atoms with Crippen LogP contribution in [0, 0.1) is 6.92 Å². The molecule has 0 fully saturated rings. The van der Waals surface area contributed by atoms with E-state index in [2.05, 4.69) is 0 Å². The molecule has 0 spiro atoms. The van der Waals surface area contributed by atoms with Crippen LogP contribution < -0.4 is 0 Å². The predicted molar refractivity (Wildman–Crippen MR) is 70.1 cm³/mol. The minimum absolute atomic E-state index is 0.0252. The second kappa shape index (κ2) is 3.59. The molecule has 3 rings (SSSR count). The van der Waals surface area contributed by atoms with Crippen molar-refractivity contribution in [1.29, 1.82) is 0 Å². The maximum atomic E-state index is 12.2. The van der Waals surface area contributed by atoms with Crippen LogP contribution in [0.15, 0.2) is 30.3 Å². The van der Waals surface area contributed by atoms with E-state index in [1.54, 1.807) is 12.1 Å². The normalized spacial score (nSPS) is 12.5. The molecular weight excluding hydrogens is 255 g/mol. The fraction of sp³-hybridized carbons (Fsp3) is 0.0714. The maximum absolute atomic E-state index is 12.2. The van der Waals surface area contributed by atoms with E-state index < -0.39 is 0 Å². The van der Waals surface area contributed by atoms with E-state index in [0.717, 1.165) is 16.7 Å². The molecule has 0 bridgehead atoms. The van der Waals surface area contributed by atoms with Crippen LogP contribution in [-0.2, 0) is 0 Å². The van der Waals surface area contributed by atoms with Gasteiger partial charge in [-0.2, -0.15) is 0 Å². The lowest BCUT2D eigenvalue weighted by Crippen LogP contribution is -1.95. The number of hydrogen-bond acceptors (Lipinski definition) is 1. The molecule has 0 heterocycles. The Hall–Kier alpha value is -1.31. The third-order valence-electron chi connectivity index (χ3n) is 3.03. The van der Waals surface area contributed by atoms with Crippen LogP contribution in [0.2, 0.25) is 10.0 Å². The van der Waals surface area contributed by atoms with E-state index in [1.807, 2.05) is 25.1 Å². The smallest absolute Gasteiger partial charge is 0.194 e. The molecule has 2 aromatic rings. The average molecular weight is 263 g/mol. The summed E-state index contributed by atoms with van der Waals surface area (Å²) >= 11 is 12.2. The van der Waals surface area contributed by atoms with Gasteiger partial charge in [0.2, 0.25) is 0 Å². The first-order chi connectivity index (χ1) is 8.09. The molecule has 0 saturated heterocycles. The highest BCUT2D eigenvalue weighted by Gasteiger charge is 2.29. The van der Waals surface area contributed by atoms with E-state index >= 15 is 0 Å². The van der Waals surface area contributed by atoms with Gasteiger partial charge in [0, 0.05) is 16.7 Å². The first-order valence-corrected chi connectivity index (χ1v) is 5.99. The third kappa shape index (κ3) is 1.43. The SMILES string of the molecule is Cc1ccc2c(c1)C(=O)c1ccc(Cl)c(Cl)c1-2. The van der Waals surface area contributed by atoms with Gasteiger partial charge in [0.05, 0.1) is 10.0 Å². The van der Waals surface area contributed by atoms with Crippen LogP contribution in [0.1, 0.15) is 21.5 Å². The molecule has 0 N–H and O–H groups in total. The number of aryl methyl sites for hydroxylation is 1. The zero-order valence-corrected chi connectivity index (χ0v) is 10.6. The summed E-state index contributed by atoms with van der Waals surface area (Å²) < 4.78 is 0. The summed E-state index contributed by atoms with van der Waals surface area (Å²) in [5, 5.41) is 0.937. The minimum atomic E-state index is 0.0252. The van der Waals surface area contributed by atoms with Gasteiger partial charge in [0.25, 0.3) is 0 Å². The van der Waals surface area contributed by atoms with E-state index in [-0.39, 0.29) is 5.78 Å². The predicted octanol–water partition coefficient (Wildman–Crippen LogP) is 4.51. The van der Waals surface area contributed by atoms with E-state index in [0.29, 0.717) is 21.2 Å². The molecular formula is C14H8Cl2O. The Morgan fingerprint density at radius 3 is 2.41 bits per heavy atom. The number of rotatable bonds is 0. The van der Waals surface area contributed by atoms with Gasteiger partial charge < -0.3 is 0 Å². The summed E-state index contributed by atoms with van der Waals surface area (Å²) in [6.45, 7) is 1.96. The zero-order chi connectivity index (χ0) is 12.2. The molecule has 0 saturated carbocycles. The molecule has 1 aliphatic rings. The Morgan fingerprint density at radius 2 is 1.65 bits per heavy atom. The van der Waals surface area contributed by atoms with Crippen LogP contribution in [0.5, 0.6) is 0 Å². The highest BCUT2D eigenvalue weighted by Crippen LogP contribution is 2.43. The van der Waals surface area contributed by atoms with Crippen molar-refractivity contribution in [1.82, 2.24) is 0 Å². The van der Waals surface area contributed by atoms with E-state index in [1.165, 1.54) is 0 Å². The number of carbonyl (C=O) groups is 1. The van der Waals surface area contributed by atoms with Crippen molar-refractivity contribution in [3.05, 3.63) is 57.1 Å². The standard InChI is InChI=1S/C14H8Cl2O/c1-7-2-3-8-10(6-7)14(17)9-4-5-11(15)13(16)12(8)9/h2-6H,1H3. The van der Waals surface area contributed by atoms with Crippen molar-refractivity contribution < 1.29 is 4.79 Å². The third-order valence-corrected chi connectivity index (χ3v) is 3.83. The fourth-order valence-electron chi connectivity index (χ4n) is 2.21. The number of benzene rings is 2. The lowest BCUT2D eigenvalue weighted by Gasteiger charge is -2.04. The van der Waals surface area contributed by atoms with E-state index in [4.69, 9.17) is 23.2 Å². The van der Waals surface area contributed by atoms with Crippen molar-refractivity contribution in [3.63, 3.8) is 0 Å². The van der Waals surface area contributed by atoms with Gasteiger partial charge >= 0.3 is 0 Å². The summed E-state index contributed by atoms with van der Waals surface area (Å²) in [6, 6.07) is 9.19. The number of ketones is 1. The topological polar surface area (TPSA) is 17.1 Å². The van der Waals surface area contributed by atoms with E-state index in [9.17, 15) is 4.79 Å². The highest BCUT2D eigenvalue weighted by atomic mass is 35.5. The Kier molecular flexibility index (Phi) is 2.29. The highest BCUT2D eigenvalue weighted by molar-refractivity contribution is 6.45. The zero-order valence-electron chi connectivity index (χ0n) is 9.05. The van der Waals surface area contributed by atoms with Gasteiger partial charge in [0.1, 0.15) is 0 Å². The van der Waals surface area contributed by atoms with Gasteiger partial charge in [0.15, 0.2) is 5.78 Å². The van der Waals surface area contributed by atoms with Gasteiger partial charge in [-0.05, 0) is 30.7 Å². The summed E-state index contributed by atoms with van der Waals surface area (Å²) in [5.74, 6) is 0.0252. The molecule has 0 atom stereocenters. The molecule has 0 amide bonds. The van der Waals surface area contributed by atoms with Crippen LogP contribution in [-0.4, -0.2) is 5.78 Å². The molecule has 1 aliphatic carbocycles. The maximum Gasteiger partial charge on any atom is 0.194 e. The molecule has 0 aromatic heterocycles. The van der Waals surface area contributed by atoms with Crippen LogP contribution >= 0.6 is 23.2 Å². The van der Waals surface area contributed by atoms with Crippen LogP contribution in [0.3, 0.4) is 0 Å². The second-order valence-corrected chi connectivity index (χ2v) is 4.95. The molecule has 1 nitrogen and oxygen atoms in total. The molecule has 0 unspecified atom stereocenters. The quantitative estimate of drug-likeness (QED) is 0.583. The molecule has 3 heteroatoms. The van der Waals surface area contributed by atoms with Crippen LogP contribution in [0.4, 0.5) is 0 Å². The van der Waals surface area contributed by atoms with Crippen molar-refractivity contribution in [2.24, 2.45) is 0 Å². The van der Waals surface area contributed by atoms with Gasteiger partial charge in [-0.15, -0.1) is 0 Å². The molecule has 84 valence electrons. The van der Waals surface area contributed by atoms with Crippen LogP contribution in [0.25, 0.3) is 11.1 Å². The number of carbonyl (C=O) groups excluding carboxylic acids is 1. The lowest BCUT2D eigenvalue weighted by atomic mass is 10.0. The second-order valence-electron chi connectivity index (χ2n) is 4.16. The first-order valence-electron chi connectivity index (χ1n) is 5.23. The van der Waals surface area contributed by atoms with Gasteiger partial charge in [-0.25, -0.2) is 0 Å². The average Bonchev–Trinajstić information content (AvgIpc) is 2.58. The Morgan fingerprint density at radius 1 is 0.941 bits per heavy atom. The minimum Gasteiger partial charge on any atom is -0.289 e.